The van der Waals surface area contributed by atoms with Crippen LogP contribution in [-0.4, -0.2) is 29.6 Å². The van der Waals surface area contributed by atoms with Gasteiger partial charge in [-0.2, -0.15) is 0 Å². The summed E-state index contributed by atoms with van der Waals surface area (Å²) in [6.07, 6.45) is 5.10. The van der Waals surface area contributed by atoms with E-state index < -0.39 is 0 Å². The van der Waals surface area contributed by atoms with Gasteiger partial charge in [-0.25, -0.2) is 0 Å². The van der Waals surface area contributed by atoms with Crippen molar-refractivity contribution in [2.24, 2.45) is 0 Å². The molecule has 1 heterocycles. The van der Waals surface area contributed by atoms with E-state index in [4.69, 9.17) is 10.5 Å². The zero-order chi connectivity index (χ0) is 12.3. The van der Waals surface area contributed by atoms with Crippen LogP contribution in [0, 0.1) is 0 Å². The first-order valence-corrected chi connectivity index (χ1v) is 5.82. The van der Waals surface area contributed by atoms with Crippen LogP contribution in [0.5, 0.6) is 0 Å². The van der Waals surface area contributed by atoms with Gasteiger partial charge in [-0.1, -0.05) is 0 Å². The summed E-state index contributed by atoms with van der Waals surface area (Å²) in [4.78, 5) is 15.8. The molecule has 0 bridgehead atoms. The molecule has 1 aliphatic rings. The molecule has 0 unspecified atom stereocenters. The van der Waals surface area contributed by atoms with E-state index in [1.165, 1.54) is 6.20 Å². The van der Waals surface area contributed by atoms with Crippen molar-refractivity contribution < 1.29 is 9.53 Å². The maximum atomic E-state index is 11.9. The third-order valence-corrected chi connectivity index (χ3v) is 2.93. The fourth-order valence-corrected chi connectivity index (χ4v) is 1.91. The predicted molar refractivity (Wildman–Crippen MR) is 64.6 cm³/mol. The Morgan fingerprint density at radius 2 is 2.41 bits per heavy atom. The van der Waals surface area contributed by atoms with E-state index in [9.17, 15) is 4.79 Å². The van der Waals surface area contributed by atoms with E-state index in [-0.39, 0.29) is 18.1 Å². The van der Waals surface area contributed by atoms with E-state index in [0.29, 0.717) is 11.3 Å². The van der Waals surface area contributed by atoms with Gasteiger partial charge in [0, 0.05) is 30.7 Å². The van der Waals surface area contributed by atoms with Crippen LogP contribution >= 0.6 is 0 Å². The fourth-order valence-electron chi connectivity index (χ4n) is 1.91. The Bertz CT molecular complexity index is 402. The largest absolute Gasteiger partial charge is 0.398 e. The molecule has 2 rings (SSSR count). The monoisotopic (exact) mass is 235 g/mol. The average Bonchev–Trinajstić information content (AvgIpc) is 2.26. The molecular weight excluding hydrogens is 218 g/mol. The zero-order valence-corrected chi connectivity index (χ0v) is 9.85. The molecule has 1 saturated carbocycles. The predicted octanol–water partition coefficient (Wildman–Crippen LogP) is 0.961. The third-order valence-electron chi connectivity index (χ3n) is 2.93. The summed E-state index contributed by atoms with van der Waals surface area (Å²) >= 11 is 0. The van der Waals surface area contributed by atoms with E-state index in [1.807, 2.05) is 6.92 Å². The number of nitrogens with one attached hydrogen (secondary N) is 1. The first-order chi connectivity index (χ1) is 8.20. The van der Waals surface area contributed by atoms with Crippen molar-refractivity contribution in [2.45, 2.75) is 31.9 Å². The van der Waals surface area contributed by atoms with Crippen molar-refractivity contribution >= 4 is 11.6 Å². The molecule has 3 N–H and O–H groups in total. The molecule has 0 atom stereocenters. The number of anilines is 1. The Morgan fingerprint density at radius 1 is 1.65 bits per heavy atom. The molecule has 0 aliphatic heterocycles. The molecular formula is C12H17N3O2. The molecule has 0 saturated heterocycles. The van der Waals surface area contributed by atoms with Gasteiger partial charge >= 0.3 is 0 Å². The van der Waals surface area contributed by atoms with Gasteiger partial charge in [0.05, 0.1) is 11.7 Å². The van der Waals surface area contributed by atoms with Crippen molar-refractivity contribution in [1.29, 1.82) is 0 Å². The number of hydrogen-bond acceptors (Lipinski definition) is 4. The molecule has 0 spiro atoms. The summed E-state index contributed by atoms with van der Waals surface area (Å²) in [6, 6.07) is 1.82. The van der Waals surface area contributed by atoms with Gasteiger partial charge in [0.25, 0.3) is 5.91 Å². The zero-order valence-electron chi connectivity index (χ0n) is 9.85. The Kier molecular flexibility index (Phi) is 3.58. The smallest absolute Gasteiger partial charge is 0.255 e. The summed E-state index contributed by atoms with van der Waals surface area (Å²) in [6.45, 7) is 2.70. The van der Waals surface area contributed by atoms with Crippen LogP contribution in [0.1, 0.15) is 30.1 Å². The molecule has 1 amide bonds. The van der Waals surface area contributed by atoms with Crippen LogP contribution in [0.25, 0.3) is 0 Å². The third kappa shape index (κ3) is 2.74. The van der Waals surface area contributed by atoms with Gasteiger partial charge in [0.15, 0.2) is 0 Å². The normalized spacial score (nSPS) is 22.9. The molecule has 0 aromatic carbocycles. The van der Waals surface area contributed by atoms with Gasteiger partial charge in [-0.3, -0.25) is 9.78 Å². The number of nitrogens with zero attached hydrogens (tertiary/aromatic N) is 1. The Hall–Kier alpha value is -1.62. The lowest BCUT2D eigenvalue weighted by atomic mass is 9.89. The van der Waals surface area contributed by atoms with Gasteiger partial charge in [0.2, 0.25) is 0 Å². The molecule has 1 aromatic rings. The second-order valence-electron chi connectivity index (χ2n) is 4.18. The fraction of sp³-hybridized carbons (Fsp3) is 0.500. The highest BCUT2D eigenvalue weighted by Gasteiger charge is 2.31. The first-order valence-electron chi connectivity index (χ1n) is 5.82. The summed E-state index contributed by atoms with van der Waals surface area (Å²) in [5, 5.41) is 2.92. The summed E-state index contributed by atoms with van der Waals surface area (Å²) in [5.41, 5.74) is 6.60. The SMILES string of the molecule is CCOC1CC(NC(=O)c2cnccc2N)C1. The molecule has 5 heteroatoms. The number of nitrogens with two attached hydrogens (primary N) is 1. The number of ether oxygens (including phenoxy) is 1. The van der Waals surface area contributed by atoms with Gasteiger partial charge in [-0.15, -0.1) is 0 Å². The maximum absolute atomic E-state index is 11.9. The topological polar surface area (TPSA) is 77.2 Å². The molecule has 92 valence electrons. The quantitative estimate of drug-likeness (QED) is 0.815. The maximum Gasteiger partial charge on any atom is 0.255 e. The van der Waals surface area contributed by atoms with E-state index in [0.717, 1.165) is 19.4 Å². The van der Waals surface area contributed by atoms with Crippen LogP contribution in [0.3, 0.4) is 0 Å². The Balaban J connectivity index is 1.85. The van der Waals surface area contributed by atoms with E-state index in [1.54, 1.807) is 12.3 Å². The number of amides is 1. The van der Waals surface area contributed by atoms with Crippen LogP contribution in [0.4, 0.5) is 5.69 Å². The number of hydrogen-bond donors (Lipinski definition) is 2. The van der Waals surface area contributed by atoms with Crippen LogP contribution in [0.2, 0.25) is 0 Å². The molecule has 1 fully saturated rings. The Morgan fingerprint density at radius 3 is 3.06 bits per heavy atom. The second-order valence-corrected chi connectivity index (χ2v) is 4.18. The number of aromatic nitrogens is 1. The highest BCUT2D eigenvalue weighted by molar-refractivity contribution is 5.98. The standard InChI is InChI=1S/C12H17N3O2/c1-2-17-9-5-8(6-9)15-12(16)10-7-14-4-3-11(10)13/h3-4,7-9H,2,5-6H2,1H3,(H2,13,14)(H,15,16). The van der Waals surface area contributed by atoms with Gasteiger partial charge in [0.1, 0.15) is 0 Å². The van der Waals surface area contributed by atoms with Crippen molar-refractivity contribution in [3.63, 3.8) is 0 Å². The lowest BCUT2D eigenvalue weighted by Gasteiger charge is -2.35. The van der Waals surface area contributed by atoms with Crippen LogP contribution in [0.15, 0.2) is 18.5 Å². The molecule has 5 nitrogen and oxygen atoms in total. The minimum atomic E-state index is -0.157. The number of nitrogen functional groups attached to an aromatic ring is 1. The highest BCUT2D eigenvalue weighted by Crippen LogP contribution is 2.23. The van der Waals surface area contributed by atoms with E-state index >= 15 is 0 Å². The number of rotatable bonds is 4. The van der Waals surface area contributed by atoms with Crippen LogP contribution < -0.4 is 11.1 Å². The molecule has 1 aromatic heterocycles. The minimum absolute atomic E-state index is 0.157. The Labute approximate surface area is 100 Å². The number of carbonyl (C=O) groups is 1. The summed E-state index contributed by atoms with van der Waals surface area (Å²) < 4.78 is 5.43. The molecule has 1 aliphatic carbocycles. The average molecular weight is 235 g/mol. The van der Waals surface area contributed by atoms with Crippen LogP contribution in [-0.2, 0) is 4.74 Å². The molecule has 17 heavy (non-hydrogen) atoms. The lowest BCUT2D eigenvalue weighted by Crippen LogP contribution is -2.47. The number of carbonyl (C=O) groups excluding carboxylic acids is 1. The first kappa shape index (κ1) is 11.9. The van der Waals surface area contributed by atoms with Gasteiger partial charge < -0.3 is 15.8 Å². The summed E-state index contributed by atoms with van der Waals surface area (Å²) in [7, 11) is 0. The second kappa shape index (κ2) is 5.14. The van der Waals surface area contributed by atoms with Crippen molar-refractivity contribution in [3.8, 4) is 0 Å². The van der Waals surface area contributed by atoms with Crippen molar-refractivity contribution in [3.05, 3.63) is 24.0 Å². The number of pyridine rings is 1. The van der Waals surface area contributed by atoms with Gasteiger partial charge in [-0.05, 0) is 25.8 Å². The highest BCUT2D eigenvalue weighted by atomic mass is 16.5. The van der Waals surface area contributed by atoms with Crippen molar-refractivity contribution in [2.75, 3.05) is 12.3 Å². The minimum Gasteiger partial charge on any atom is -0.398 e. The summed E-state index contributed by atoms with van der Waals surface area (Å²) in [5.74, 6) is -0.157. The molecule has 0 radical (unpaired) electrons. The lowest BCUT2D eigenvalue weighted by molar-refractivity contribution is -0.00861. The van der Waals surface area contributed by atoms with E-state index in [2.05, 4.69) is 10.3 Å². The van der Waals surface area contributed by atoms with Crippen molar-refractivity contribution in [1.82, 2.24) is 10.3 Å².